The maximum atomic E-state index is 13.2. The number of benzene rings is 2. The number of alkyl halides is 6. The van der Waals surface area contributed by atoms with Crippen molar-refractivity contribution >= 4 is 45.6 Å². The third-order valence-corrected chi connectivity index (χ3v) is 7.68. The molecule has 51 heavy (non-hydrogen) atoms. The van der Waals surface area contributed by atoms with Crippen molar-refractivity contribution in [1.82, 2.24) is 29.9 Å². The van der Waals surface area contributed by atoms with Crippen molar-refractivity contribution in [1.29, 1.82) is 0 Å². The van der Waals surface area contributed by atoms with E-state index in [1.807, 2.05) is 0 Å². The van der Waals surface area contributed by atoms with E-state index in [-0.39, 0.29) is 30.3 Å². The lowest BCUT2D eigenvalue weighted by Crippen LogP contribution is -2.40. The highest BCUT2D eigenvalue weighted by Gasteiger charge is 2.33. The molecule has 17 heteroatoms. The highest BCUT2D eigenvalue weighted by Crippen LogP contribution is 2.34. The van der Waals surface area contributed by atoms with Crippen molar-refractivity contribution in [2.45, 2.75) is 31.5 Å². The zero-order chi connectivity index (χ0) is 36.0. The molecule has 1 fully saturated rings. The van der Waals surface area contributed by atoms with Crippen molar-refractivity contribution in [3.8, 4) is 0 Å². The lowest BCUT2D eigenvalue weighted by atomic mass is 10.1. The number of nitrogens with one attached hydrogen (secondary N) is 4. The SMILES string of the molecule is CNc1nc(NCc2ccccc2C(F)(F)F)c2cccnc2n1.FC(F)(F)c1ccccc1CNc1nc(NC2COC2)nc2ncccc12. The highest BCUT2D eigenvalue weighted by atomic mass is 19.4. The Balaban J connectivity index is 0.000000177. The Kier molecular flexibility index (Phi) is 10.3. The van der Waals surface area contributed by atoms with Gasteiger partial charge in [0.2, 0.25) is 11.9 Å². The number of fused-ring (bicyclic) bond motifs is 2. The molecule has 4 aromatic heterocycles. The van der Waals surface area contributed by atoms with Gasteiger partial charge >= 0.3 is 12.4 Å². The van der Waals surface area contributed by atoms with Gasteiger partial charge in [0.25, 0.3) is 0 Å². The van der Waals surface area contributed by atoms with Gasteiger partial charge in [-0.15, -0.1) is 0 Å². The number of hydrogen-bond acceptors (Lipinski definition) is 11. The molecule has 4 N–H and O–H groups in total. The van der Waals surface area contributed by atoms with E-state index in [1.54, 1.807) is 55.8 Å². The molecule has 0 amide bonds. The molecule has 0 atom stereocenters. The van der Waals surface area contributed by atoms with Gasteiger partial charge in [0.05, 0.1) is 41.2 Å². The van der Waals surface area contributed by atoms with Crippen LogP contribution in [0.4, 0.5) is 49.9 Å². The maximum Gasteiger partial charge on any atom is 0.416 e. The van der Waals surface area contributed by atoms with E-state index in [0.717, 1.165) is 12.1 Å². The topological polar surface area (TPSA) is 135 Å². The van der Waals surface area contributed by atoms with E-state index in [1.165, 1.54) is 24.3 Å². The van der Waals surface area contributed by atoms with Crippen LogP contribution < -0.4 is 21.3 Å². The van der Waals surface area contributed by atoms with Crippen LogP contribution >= 0.6 is 0 Å². The normalized spacial score (nSPS) is 13.2. The quantitative estimate of drug-likeness (QED) is 0.114. The lowest BCUT2D eigenvalue weighted by Gasteiger charge is -2.27. The summed E-state index contributed by atoms with van der Waals surface area (Å²) in [6.45, 7) is 1.08. The summed E-state index contributed by atoms with van der Waals surface area (Å²) < 4.78 is 83.9. The van der Waals surface area contributed by atoms with Crippen molar-refractivity contribution in [3.63, 3.8) is 0 Å². The first-order valence-electron chi connectivity index (χ1n) is 15.5. The molecule has 11 nitrogen and oxygen atoms in total. The Morgan fingerprint density at radius 1 is 0.627 bits per heavy atom. The molecule has 7 rings (SSSR count). The first kappa shape index (κ1) is 35.0. The third-order valence-electron chi connectivity index (χ3n) is 7.68. The van der Waals surface area contributed by atoms with E-state index >= 15 is 0 Å². The van der Waals surface area contributed by atoms with Gasteiger partial charge in [0.15, 0.2) is 11.3 Å². The van der Waals surface area contributed by atoms with E-state index in [0.29, 0.717) is 58.8 Å². The molecule has 6 aromatic rings. The Bertz CT molecular complexity index is 2120. The molecule has 264 valence electrons. The zero-order valence-corrected chi connectivity index (χ0v) is 26.8. The molecule has 1 saturated heterocycles. The lowest BCUT2D eigenvalue weighted by molar-refractivity contribution is -0.139. The Morgan fingerprint density at radius 2 is 1.10 bits per heavy atom. The summed E-state index contributed by atoms with van der Waals surface area (Å²) in [5.74, 6) is 1.55. The summed E-state index contributed by atoms with van der Waals surface area (Å²) in [5, 5.41) is 13.2. The van der Waals surface area contributed by atoms with E-state index in [9.17, 15) is 26.3 Å². The maximum absolute atomic E-state index is 13.2. The van der Waals surface area contributed by atoms with Gasteiger partial charge in [-0.2, -0.15) is 46.3 Å². The fourth-order valence-electron chi connectivity index (χ4n) is 5.13. The number of pyridine rings is 2. The van der Waals surface area contributed by atoms with Crippen molar-refractivity contribution < 1.29 is 31.1 Å². The van der Waals surface area contributed by atoms with Crippen LogP contribution in [-0.2, 0) is 30.2 Å². The van der Waals surface area contributed by atoms with Gasteiger partial charge in [-0.25, -0.2) is 9.97 Å². The minimum Gasteiger partial charge on any atom is -0.377 e. The molecule has 1 aliphatic heterocycles. The number of rotatable bonds is 9. The molecule has 0 unspecified atom stereocenters. The van der Waals surface area contributed by atoms with Gasteiger partial charge in [-0.05, 0) is 47.5 Å². The molecular formula is C34H30F6N10O. The summed E-state index contributed by atoms with van der Waals surface area (Å²) in [7, 11) is 1.66. The molecule has 0 bridgehead atoms. The summed E-state index contributed by atoms with van der Waals surface area (Å²) >= 11 is 0. The second-order valence-corrected chi connectivity index (χ2v) is 11.2. The fraction of sp³-hybridized carbons (Fsp3) is 0.235. The number of ether oxygens (including phenoxy) is 1. The Hall–Kier alpha value is -5.84. The predicted molar refractivity (Wildman–Crippen MR) is 180 cm³/mol. The molecule has 5 heterocycles. The predicted octanol–water partition coefficient (Wildman–Crippen LogP) is 7.16. The summed E-state index contributed by atoms with van der Waals surface area (Å²) in [4.78, 5) is 25.6. The molecule has 0 spiro atoms. The van der Waals surface area contributed by atoms with Crippen LogP contribution in [0, 0.1) is 0 Å². The molecule has 1 aliphatic rings. The van der Waals surface area contributed by atoms with Crippen LogP contribution in [0.3, 0.4) is 0 Å². The minimum atomic E-state index is -4.41. The highest BCUT2D eigenvalue weighted by molar-refractivity contribution is 5.88. The number of hydrogen-bond donors (Lipinski definition) is 4. The van der Waals surface area contributed by atoms with Crippen LogP contribution in [0.5, 0.6) is 0 Å². The first-order valence-corrected chi connectivity index (χ1v) is 15.5. The molecular weight excluding hydrogens is 678 g/mol. The number of aromatic nitrogens is 6. The zero-order valence-electron chi connectivity index (χ0n) is 26.8. The largest absolute Gasteiger partial charge is 0.416 e. The second-order valence-electron chi connectivity index (χ2n) is 11.2. The number of nitrogens with zero attached hydrogens (tertiary/aromatic N) is 6. The molecule has 2 aromatic carbocycles. The van der Waals surface area contributed by atoms with Crippen molar-refractivity contribution in [2.24, 2.45) is 0 Å². The monoisotopic (exact) mass is 708 g/mol. The van der Waals surface area contributed by atoms with Gasteiger partial charge in [-0.3, -0.25) is 0 Å². The van der Waals surface area contributed by atoms with Gasteiger partial charge in [0.1, 0.15) is 11.6 Å². The Labute approximate surface area is 287 Å². The third kappa shape index (κ3) is 8.49. The Morgan fingerprint density at radius 3 is 1.55 bits per heavy atom. The fourth-order valence-corrected chi connectivity index (χ4v) is 5.13. The standard InChI is InChI=1S/C18H16F3N5O.C16H14F3N5/c19-18(20,21)14-6-2-1-4-11(14)8-23-16-13-5-3-7-22-15(13)25-17(26-16)24-12-9-27-10-12;1-20-15-23-13-11(6-4-8-21-13)14(24-15)22-9-10-5-2-3-7-12(10)16(17,18)19/h1-7,12H,8-10H2,(H2,22,23,24,25,26);2-8H,9H2,1H3,(H2,20,21,22,23,24). The number of halogens is 6. The smallest absolute Gasteiger partial charge is 0.377 e. The number of anilines is 4. The molecule has 0 radical (unpaired) electrons. The van der Waals surface area contributed by atoms with Crippen LogP contribution in [0.2, 0.25) is 0 Å². The van der Waals surface area contributed by atoms with Crippen molar-refractivity contribution in [2.75, 3.05) is 41.5 Å². The second kappa shape index (κ2) is 15.0. The summed E-state index contributed by atoms with van der Waals surface area (Å²) in [6, 6.07) is 18.0. The summed E-state index contributed by atoms with van der Waals surface area (Å²) in [6.07, 6.45) is -5.61. The van der Waals surface area contributed by atoms with E-state index in [2.05, 4.69) is 51.2 Å². The van der Waals surface area contributed by atoms with Gasteiger partial charge < -0.3 is 26.0 Å². The average Bonchev–Trinajstić information content (AvgIpc) is 3.10. The van der Waals surface area contributed by atoms with Crippen LogP contribution in [-0.4, -0.2) is 56.2 Å². The van der Waals surface area contributed by atoms with Gasteiger partial charge in [-0.1, -0.05) is 36.4 Å². The van der Waals surface area contributed by atoms with E-state index in [4.69, 9.17) is 4.74 Å². The van der Waals surface area contributed by atoms with E-state index < -0.39 is 23.5 Å². The van der Waals surface area contributed by atoms with Crippen LogP contribution in [0.1, 0.15) is 22.3 Å². The minimum absolute atomic E-state index is 0.0140. The molecule has 0 aliphatic carbocycles. The van der Waals surface area contributed by atoms with Crippen LogP contribution in [0.25, 0.3) is 22.1 Å². The molecule has 0 saturated carbocycles. The average molecular weight is 709 g/mol. The summed E-state index contributed by atoms with van der Waals surface area (Å²) in [5.41, 5.74) is -0.124. The first-order chi connectivity index (χ1) is 24.5. The van der Waals surface area contributed by atoms with Crippen LogP contribution in [0.15, 0.2) is 85.2 Å². The van der Waals surface area contributed by atoms with Gasteiger partial charge in [0, 0.05) is 32.5 Å². The van der Waals surface area contributed by atoms with Crippen molar-refractivity contribution in [3.05, 3.63) is 107 Å².